The summed E-state index contributed by atoms with van der Waals surface area (Å²) in [5.74, 6) is 0.211. The van der Waals surface area contributed by atoms with Crippen LogP contribution in [0.5, 0.6) is 0 Å². The molecule has 5 nitrogen and oxygen atoms in total. The van der Waals surface area contributed by atoms with Gasteiger partial charge < -0.3 is 19.3 Å². The van der Waals surface area contributed by atoms with E-state index in [1.54, 1.807) is 6.92 Å². The minimum Gasteiger partial charge on any atom is -0.343 e. The topological polar surface area (TPSA) is 31.7 Å². The van der Waals surface area contributed by atoms with Crippen molar-refractivity contribution < 1.29 is 4.79 Å². The lowest BCUT2D eigenvalue weighted by molar-refractivity contribution is -0.132. The van der Waals surface area contributed by atoms with Crippen molar-refractivity contribution in [1.29, 1.82) is 0 Å². The van der Waals surface area contributed by atoms with Gasteiger partial charge in [0.1, 0.15) is 0 Å². The van der Waals surface area contributed by atoms with Crippen LogP contribution in [-0.4, -0.2) is 71.5 Å². The molecule has 1 aromatic carbocycles. The maximum atomic E-state index is 12.4. The second-order valence-corrected chi connectivity index (χ2v) is 8.39. The summed E-state index contributed by atoms with van der Waals surface area (Å²) in [7, 11) is 2.20. The molecule has 0 bridgehead atoms. The predicted octanol–water partition coefficient (Wildman–Crippen LogP) is 3.13. The predicted molar refractivity (Wildman–Crippen MR) is 115 cm³/mol. The van der Waals surface area contributed by atoms with Crippen LogP contribution in [0.2, 0.25) is 0 Å². The Hall–Kier alpha value is -1.85. The van der Waals surface area contributed by atoms with Crippen LogP contribution < -0.4 is 0 Å². The monoisotopic (exact) mass is 382 g/mol. The van der Waals surface area contributed by atoms with E-state index in [0.29, 0.717) is 0 Å². The van der Waals surface area contributed by atoms with E-state index < -0.39 is 0 Å². The molecule has 0 aliphatic carbocycles. The van der Waals surface area contributed by atoms with Crippen molar-refractivity contribution >= 4 is 16.8 Å². The number of fused-ring (bicyclic) bond motifs is 3. The number of likely N-dealkylation sites (N-methyl/N-ethyl adjacent to an activating group) is 1. The highest BCUT2D eigenvalue weighted by Gasteiger charge is 2.33. The van der Waals surface area contributed by atoms with Gasteiger partial charge in [-0.25, -0.2) is 0 Å². The van der Waals surface area contributed by atoms with Crippen LogP contribution in [0.1, 0.15) is 44.0 Å². The number of aryl methyl sites for hydroxylation is 1. The van der Waals surface area contributed by atoms with E-state index >= 15 is 0 Å². The van der Waals surface area contributed by atoms with Crippen LogP contribution in [0, 0.1) is 0 Å². The Kier molecular flexibility index (Phi) is 5.74. The summed E-state index contributed by atoms with van der Waals surface area (Å²) in [4.78, 5) is 19.5. The summed E-state index contributed by atoms with van der Waals surface area (Å²) >= 11 is 0. The van der Waals surface area contributed by atoms with Crippen molar-refractivity contribution in [3.63, 3.8) is 0 Å². The zero-order chi connectivity index (χ0) is 19.7. The molecule has 0 spiro atoms. The molecular formula is C23H34N4O. The van der Waals surface area contributed by atoms with Gasteiger partial charge in [0.25, 0.3) is 0 Å². The highest BCUT2D eigenvalue weighted by molar-refractivity contribution is 5.87. The summed E-state index contributed by atoms with van der Waals surface area (Å²) in [6, 6.07) is 8.97. The van der Waals surface area contributed by atoms with E-state index in [2.05, 4.69) is 57.5 Å². The van der Waals surface area contributed by atoms with Crippen molar-refractivity contribution in [3.05, 3.63) is 35.5 Å². The van der Waals surface area contributed by atoms with Crippen molar-refractivity contribution in [3.8, 4) is 0 Å². The van der Waals surface area contributed by atoms with Crippen molar-refractivity contribution in [2.75, 3.05) is 46.3 Å². The van der Waals surface area contributed by atoms with Crippen LogP contribution in [0.4, 0.5) is 0 Å². The molecule has 0 N–H and O–H groups in total. The highest BCUT2D eigenvalue weighted by atomic mass is 16.2. The Morgan fingerprint density at radius 1 is 1.11 bits per heavy atom. The minimum atomic E-state index is 0.209. The summed E-state index contributed by atoms with van der Waals surface area (Å²) in [5.41, 5.74) is 4.19. The summed E-state index contributed by atoms with van der Waals surface area (Å²) in [5, 5.41) is 1.38. The van der Waals surface area contributed by atoms with Crippen LogP contribution in [0.25, 0.3) is 10.9 Å². The Morgan fingerprint density at radius 2 is 1.86 bits per heavy atom. The van der Waals surface area contributed by atoms with Gasteiger partial charge in [-0.2, -0.15) is 0 Å². The number of para-hydroxylation sites is 1. The van der Waals surface area contributed by atoms with Gasteiger partial charge in [-0.15, -0.1) is 0 Å². The van der Waals surface area contributed by atoms with Gasteiger partial charge in [0.05, 0.1) is 6.04 Å². The number of aromatic nitrogens is 1. The zero-order valence-corrected chi connectivity index (χ0v) is 17.7. The van der Waals surface area contributed by atoms with Gasteiger partial charge >= 0.3 is 0 Å². The van der Waals surface area contributed by atoms with Crippen LogP contribution in [-0.2, 0) is 17.8 Å². The molecule has 0 saturated carbocycles. The minimum absolute atomic E-state index is 0.209. The second kappa shape index (κ2) is 8.26. The molecule has 5 heteroatoms. The number of benzene rings is 1. The molecule has 1 fully saturated rings. The van der Waals surface area contributed by atoms with E-state index in [4.69, 9.17) is 0 Å². The molecule has 2 aliphatic rings. The quantitative estimate of drug-likeness (QED) is 0.796. The number of hydrogen-bond donors (Lipinski definition) is 0. The molecular weight excluding hydrogens is 348 g/mol. The fourth-order valence-electron chi connectivity index (χ4n) is 5.16. The number of carbonyl (C=O) groups excluding carboxylic acids is 1. The first-order chi connectivity index (χ1) is 13.6. The van der Waals surface area contributed by atoms with Gasteiger partial charge in [-0.3, -0.25) is 4.79 Å². The second-order valence-electron chi connectivity index (χ2n) is 8.39. The van der Waals surface area contributed by atoms with Crippen molar-refractivity contribution in [2.45, 2.75) is 45.7 Å². The number of nitrogens with zero attached hydrogens (tertiary/aromatic N) is 4. The van der Waals surface area contributed by atoms with Gasteiger partial charge in [0.2, 0.25) is 5.91 Å². The third-order valence-electron chi connectivity index (χ3n) is 6.68. The molecule has 28 heavy (non-hydrogen) atoms. The Labute approximate surface area is 168 Å². The first kappa shape index (κ1) is 19.5. The van der Waals surface area contributed by atoms with E-state index in [9.17, 15) is 4.79 Å². The van der Waals surface area contributed by atoms with E-state index in [-0.39, 0.29) is 11.9 Å². The van der Waals surface area contributed by atoms with Crippen LogP contribution >= 0.6 is 0 Å². The molecule has 2 aliphatic heterocycles. The summed E-state index contributed by atoms with van der Waals surface area (Å²) in [6.07, 6.45) is 3.16. The molecule has 1 unspecified atom stereocenters. The molecule has 1 aromatic heterocycles. The summed E-state index contributed by atoms with van der Waals surface area (Å²) in [6.45, 7) is 11.6. The molecule has 1 saturated heterocycles. The van der Waals surface area contributed by atoms with E-state index in [1.807, 2.05) is 0 Å². The van der Waals surface area contributed by atoms with Gasteiger partial charge in [-0.1, -0.05) is 18.2 Å². The molecule has 2 aromatic rings. The van der Waals surface area contributed by atoms with E-state index in [0.717, 1.165) is 65.1 Å². The maximum Gasteiger partial charge on any atom is 0.220 e. The Bertz CT molecular complexity index is 801. The normalized spacial score (nSPS) is 21.2. The fourth-order valence-corrected chi connectivity index (χ4v) is 5.16. The highest BCUT2D eigenvalue weighted by Crippen LogP contribution is 2.39. The SMILES string of the molecule is CCn1c2c(c3ccccc31)CCN(C(C)=O)C2CCCN1CCN(C)CC1. The van der Waals surface area contributed by atoms with E-state index in [1.165, 1.54) is 22.2 Å². The van der Waals surface area contributed by atoms with Gasteiger partial charge in [0, 0.05) is 62.8 Å². The largest absolute Gasteiger partial charge is 0.343 e. The summed E-state index contributed by atoms with van der Waals surface area (Å²) < 4.78 is 2.46. The maximum absolute atomic E-state index is 12.4. The average Bonchev–Trinajstić information content (AvgIpc) is 3.03. The number of hydrogen-bond acceptors (Lipinski definition) is 3. The molecule has 3 heterocycles. The molecule has 0 radical (unpaired) electrons. The van der Waals surface area contributed by atoms with Crippen LogP contribution in [0.3, 0.4) is 0 Å². The lowest BCUT2D eigenvalue weighted by Gasteiger charge is -2.37. The zero-order valence-electron chi connectivity index (χ0n) is 17.7. The van der Waals surface area contributed by atoms with Crippen molar-refractivity contribution in [1.82, 2.24) is 19.3 Å². The smallest absolute Gasteiger partial charge is 0.220 e. The number of piperazine rings is 1. The average molecular weight is 383 g/mol. The lowest BCUT2D eigenvalue weighted by atomic mass is 9.94. The van der Waals surface area contributed by atoms with Crippen LogP contribution in [0.15, 0.2) is 24.3 Å². The first-order valence-electron chi connectivity index (χ1n) is 10.9. The number of rotatable bonds is 5. The molecule has 1 amide bonds. The lowest BCUT2D eigenvalue weighted by Crippen LogP contribution is -2.45. The first-order valence-corrected chi connectivity index (χ1v) is 10.9. The molecule has 4 rings (SSSR count). The third-order valence-corrected chi connectivity index (χ3v) is 6.68. The van der Waals surface area contributed by atoms with Gasteiger partial charge in [-0.05, 0) is 51.4 Å². The number of amides is 1. The number of carbonyl (C=O) groups is 1. The van der Waals surface area contributed by atoms with Gasteiger partial charge in [0.15, 0.2) is 0 Å². The third kappa shape index (κ3) is 3.58. The van der Waals surface area contributed by atoms with Crippen molar-refractivity contribution in [2.24, 2.45) is 0 Å². The standard InChI is InChI=1S/C23H34N4O/c1-4-26-21-9-6-5-8-19(21)20-11-13-27(18(2)28)22(23(20)26)10-7-12-25-16-14-24(3)15-17-25/h5-6,8-9,22H,4,7,10-17H2,1-3H3. The molecule has 1 atom stereocenters. The Balaban J connectivity index is 1.58. The molecule has 152 valence electrons. The fraction of sp³-hybridized carbons (Fsp3) is 0.609. The Morgan fingerprint density at radius 3 is 2.57 bits per heavy atom.